The van der Waals surface area contributed by atoms with Gasteiger partial charge < -0.3 is 10.1 Å². The van der Waals surface area contributed by atoms with Gasteiger partial charge in [-0.05, 0) is 18.9 Å². The first kappa shape index (κ1) is 20.1. The van der Waals surface area contributed by atoms with E-state index in [1.54, 1.807) is 6.92 Å². The van der Waals surface area contributed by atoms with Crippen LogP contribution < -0.4 is 5.32 Å². The third-order valence-electron chi connectivity index (χ3n) is 3.30. The van der Waals surface area contributed by atoms with Gasteiger partial charge in [0.1, 0.15) is 0 Å². The van der Waals surface area contributed by atoms with Crippen LogP contribution in [0, 0.1) is 5.92 Å². The lowest BCUT2D eigenvalue weighted by atomic mass is 10.0. The van der Waals surface area contributed by atoms with Crippen molar-refractivity contribution >= 4 is 45.4 Å². The number of rotatable bonds is 8. The van der Waals surface area contributed by atoms with Crippen molar-refractivity contribution in [3.63, 3.8) is 0 Å². The summed E-state index contributed by atoms with van der Waals surface area (Å²) in [7, 11) is 0. The molecule has 0 saturated heterocycles. The number of aromatic nitrogens is 2. The molecular formula is C17H19N3O4S2. The minimum Gasteiger partial charge on any atom is -0.460 e. The molecule has 0 spiro atoms. The summed E-state index contributed by atoms with van der Waals surface area (Å²) in [5.74, 6) is -1.03. The molecule has 2 rings (SSSR count). The van der Waals surface area contributed by atoms with E-state index in [1.807, 2.05) is 30.3 Å². The van der Waals surface area contributed by atoms with Crippen LogP contribution >= 0.6 is 23.3 Å². The molecule has 26 heavy (non-hydrogen) atoms. The van der Waals surface area contributed by atoms with Crippen LogP contribution in [-0.2, 0) is 20.7 Å². The van der Waals surface area contributed by atoms with Crippen LogP contribution in [0.25, 0.3) is 0 Å². The van der Waals surface area contributed by atoms with E-state index in [1.165, 1.54) is 6.92 Å². The van der Waals surface area contributed by atoms with Crippen LogP contribution in [-0.4, -0.2) is 38.7 Å². The molecule has 1 heterocycles. The van der Waals surface area contributed by atoms with E-state index in [0.29, 0.717) is 12.2 Å². The van der Waals surface area contributed by atoms with Crippen LogP contribution in [0.2, 0.25) is 0 Å². The second-order valence-corrected chi connectivity index (χ2v) is 7.27. The van der Waals surface area contributed by atoms with Gasteiger partial charge in [-0.3, -0.25) is 9.59 Å². The fourth-order valence-electron chi connectivity index (χ4n) is 2.10. The van der Waals surface area contributed by atoms with Crippen molar-refractivity contribution in [2.24, 2.45) is 5.92 Å². The Labute approximate surface area is 159 Å². The largest absolute Gasteiger partial charge is 0.460 e. The van der Waals surface area contributed by atoms with Crippen molar-refractivity contribution in [1.29, 1.82) is 0 Å². The molecule has 0 bridgehead atoms. The van der Waals surface area contributed by atoms with E-state index in [-0.39, 0.29) is 28.6 Å². The molecule has 1 aromatic heterocycles. The number of benzene rings is 1. The number of nitrogens with one attached hydrogen (secondary N) is 1. The topological polar surface area (TPSA) is 98.2 Å². The van der Waals surface area contributed by atoms with E-state index in [4.69, 9.17) is 4.74 Å². The third kappa shape index (κ3) is 6.23. The molecule has 138 valence electrons. The molecule has 0 fully saturated rings. The fourth-order valence-corrected chi connectivity index (χ4v) is 3.37. The zero-order valence-electron chi connectivity index (χ0n) is 14.4. The molecular weight excluding hydrogens is 374 g/mol. The second-order valence-electron chi connectivity index (χ2n) is 5.32. The van der Waals surface area contributed by atoms with Gasteiger partial charge in [-0.1, -0.05) is 42.1 Å². The predicted molar refractivity (Wildman–Crippen MR) is 101 cm³/mol. The fraction of sp³-hybridized carbons (Fsp3) is 0.353. The van der Waals surface area contributed by atoms with Crippen molar-refractivity contribution < 1.29 is 19.1 Å². The minimum absolute atomic E-state index is 0.0450. The molecule has 0 saturated carbocycles. The highest BCUT2D eigenvalue weighted by atomic mass is 32.2. The number of hydrogen-bond donors (Lipinski definition) is 1. The maximum absolute atomic E-state index is 12.6. The minimum atomic E-state index is -0.628. The summed E-state index contributed by atoms with van der Waals surface area (Å²) >= 11 is 2.02. The zero-order chi connectivity index (χ0) is 18.9. The van der Waals surface area contributed by atoms with E-state index < -0.39 is 11.9 Å². The van der Waals surface area contributed by atoms with E-state index in [2.05, 4.69) is 14.7 Å². The van der Waals surface area contributed by atoms with E-state index in [9.17, 15) is 14.4 Å². The van der Waals surface area contributed by atoms with Gasteiger partial charge in [0.05, 0.1) is 12.5 Å². The first-order valence-electron chi connectivity index (χ1n) is 7.98. The molecule has 0 aliphatic rings. The molecule has 0 aliphatic heterocycles. The van der Waals surface area contributed by atoms with Crippen LogP contribution in [0.3, 0.4) is 0 Å². The summed E-state index contributed by atoms with van der Waals surface area (Å²) in [6, 6.07) is 9.57. The molecule has 1 N–H and O–H groups in total. The Morgan fingerprint density at radius 2 is 2.00 bits per heavy atom. The predicted octanol–water partition coefficient (Wildman–Crippen LogP) is 2.79. The number of carbonyl (C=O) groups excluding carboxylic acids is 3. The third-order valence-corrected chi connectivity index (χ3v) is 4.90. The highest BCUT2D eigenvalue weighted by Crippen LogP contribution is 2.19. The normalized spacial score (nSPS) is 11.6. The van der Waals surface area contributed by atoms with Gasteiger partial charge in [-0.25, -0.2) is 4.79 Å². The van der Waals surface area contributed by atoms with Gasteiger partial charge in [0.15, 0.2) is 5.12 Å². The Balaban J connectivity index is 2.05. The number of hydrogen-bond acceptors (Lipinski definition) is 8. The van der Waals surface area contributed by atoms with Crippen molar-refractivity contribution in [3.8, 4) is 0 Å². The maximum atomic E-state index is 12.6. The highest BCUT2D eigenvalue weighted by Gasteiger charge is 2.22. The lowest BCUT2D eigenvalue weighted by Crippen LogP contribution is -2.27. The zero-order valence-corrected chi connectivity index (χ0v) is 16.1. The maximum Gasteiger partial charge on any atom is 0.377 e. The van der Waals surface area contributed by atoms with Gasteiger partial charge >= 0.3 is 5.97 Å². The first-order chi connectivity index (χ1) is 12.5. The number of ether oxygens (including phenoxy) is 1. The average molecular weight is 393 g/mol. The summed E-state index contributed by atoms with van der Waals surface area (Å²) in [4.78, 5) is 39.5. The van der Waals surface area contributed by atoms with E-state index in [0.717, 1.165) is 28.9 Å². The molecule has 1 amide bonds. The Morgan fingerprint density at radius 3 is 2.65 bits per heavy atom. The van der Waals surface area contributed by atoms with E-state index >= 15 is 0 Å². The van der Waals surface area contributed by atoms with Gasteiger partial charge in [0.25, 0.3) is 5.82 Å². The van der Waals surface area contributed by atoms with Gasteiger partial charge in [-0.2, -0.15) is 9.36 Å². The summed E-state index contributed by atoms with van der Waals surface area (Å²) in [5, 5.41) is 2.86. The number of anilines is 1. The molecule has 9 heteroatoms. The van der Waals surface area contributed by atoms with Crippen LogP contribution in [0.5, 0.6) is 0 Å². The number of thioether (sulfide) groups is 1. The molecule has 0 radical (unpaired) electrons. The number of nitrogens with zero attached hydrogens (tertiary/aromatic N) is 2. The Kier molecular flexibility index (Phi) is 7.73. The van der Waals surface area contributed by atoms with Crippen LogP contribution in [0.4, 0.5) is 5.13 Å². The summed E-state index contributed by atoms with van der Waals surface area (Å²) < 4.78 is 8.71. The molecule has 7 nitrogen and oxygen atoms in total. The summed E-state index contributed by atoms with van der Waals surface area (Å²) in [5.41, 5.74) is 1.00. The van der Waals surface area contributed by atoms with Crippen molar-refractivity contribution in [2.75, 3.05) is 17.7 Å². The van der Waals surface area contributed by atoms with Crippen molar-refractivity contribution in [1.82, 2.24) is 9.36 Å². The highest BCUT2D eigenvalue weighted by molar-refractivity contribution is 8.13. The average Bonchev–Trinajstić information content (AvgIpc) is 3.08. The molecule has 2 aromatic rings. The van der Waals surface area contributed by atoms with Crippen LogP contribution in [0.1, 0.15) is 30.0 Å². The quantitative estimate of drug-likeness (QED) is 0.689. The lowest BCUT2D eigenvalue weighted by Gasteiger charge is -2.15. The molecule has 1 unspecified atom stereocenters. The second kappa shape index (κ2) is 10.0. The van der Waals surface area contributed by atoms with Gasteiger partial charge in [-0.15, -0.1) is 0 Å². The molecule has 0 aliphatic carbocycles. The molecule has 1 aromatic carbocycles. The van der Waals surface area contributed by atoms with Crippen molar-refractivity contribution in [3.05, 3.63) is 41.7 Å². The molecule has 1 atom stereocenters. The number of esters is 1. The lowest BCUT2D eigenvalue weighted by molar-refractivity contribution is -0.119. The Hall–Kier alpha value is -2.26. The SMILES string of the molecule is CCOC(=O)c1nsc(NC(=O)C(CSC(C)=O)Cc2ccccc2)n1. The summed E-state index contributed by atoms with van der Waals surface area (Å²) in [6.07, 6.45) is 0.497. The monoisotopic (exact) mass is 393 g/mol. The van der Waals surface area contributed by atoms with Gasteiger partial charge in [0.2, 0.25) is 11.0 Å². The first-order valence-corrected chi connectivity index (χ1v) is 9.74. The van der Waals surface area contributed by atoms with Gasteiger partial charge in [0, 0.05) is 24.2 Å². The Morgan fingerprint density at radius 1 is 1.27 bits per heavy atom. The number of carbonyl (C=O) groups is 3. The Bertz CT molecular complexity index is 764. The van der Waals surface area contributed by atoms with Crippen molar-refractivity contribution in [2.45, 2.75) is 20.3 Å². The van der Waals surface area contributed by atoms with Crippen LogP contribution in [0.15, 0.2) is 30.3 Å². The number of amides is 1. The smallest absolute Gasteiger partial charge is 0.377 e. The standard InChI is InChI=1S/C17H19N3O4S2/c1-3-24-16(23)14-18-17(26-20-14)19-15(22)13(10-25-11(2)21)9-12-7-5-4-6-8-12/h4-8,13H,3,9-10H2,1-2H3,(H,18,19,20,22). The summed E-state index contributed by atoms with van der Waals surface area (Å²) in [6.45, 7) is 3.38.